The zero-order chi connectivity index (χ0) is 12.8. The molecule has 0 heterocycles. The van der Waals surface area contributed by atoms with Crippen molar-refractivity contribution in [2.45, 2.75) is 38.3 Å². The van der Waals surface area contributed by atoms with E-state index in [1.54, 1.807) is 0 Å². The van der Waals surface area contributed by atoms with Crippen LogP contribution >= 0.6 is 0 Å². The molecule has 2 rings (SSSR count). The van der Waals surface area contributed by atoms with Crippen LogP contribution in [0.4, 0.5) is 0 Å². The zero-order valence-electron chi connectivity index (χ0n) is 11.3. The minimum atomic E-state index is 0.540. The highest BCUT2D eigenvalue weighted by atomic mass is 16.5. The van der Waals surface area contributed by atoms with Crippen molar-refractivity contribution in [2.24, 2.45) is 5.73 Å². The summed E-state index contributed by atoms with van der Waals surface area (Å²) in [7, 11) is 2.22. The smallest absolute Gasteiger partial charge is 0.123 e. The number of para-hydroxylation sites is 1. The maximum atomic E-state index is 5.80. The molecule has 3 nitrogen and oxygen atoms in total. The Morgan fingerprint density at radius 1 is 1.33 bits per heavy atom. The first-order valence-electron chi connectivity index (χ1n) is 6.92. The highest BCUT2D eigenvalue weighted by Gasteiger charge is 2.21. The molecule has 1 aromatic rings. The molecule has 1 aromatic carbocycles. The second-order valence-electron chi connectivity index (χ2n) is 5.08. The minimum absolute atomic E-state index is 0.540. The largest absolute Gasteiger partial charge is 0.493 e. The molecule has 1 aliphatic rings. The summed E-state index contributed by atoms with van der Waals surface area (Å²) in [6.07, 6.45) is 5.21. The van der Waals surface area contributed by atoms with Crippen LogP contribution in [0.5, 0.6) is 5.75 Å². The molecule has 0 radical (unpaired) electrons. The van der Waals surface area contributed by atoms with Crippen LogP contribution in [0.3, 0.4) is 0 Å². The van der Waals surface area contributed by atoms with Gasteiger partial charge in [-0.15, -0.1) is 0 Å². The topological polar surface area (TPSA) is 38.5 Å². The van der Waals surface area contributed by atoms with Gasteiger partial charge in [-0.3, -0.25) is 0 Å². The van der Waals surface area contributed by atoms with Gasteiger partial charge in [-0.1, -0.05) is 24.6 Å². The lowest BCUT2D eigenvalue weighted by Crippen LogP contribution is -2.38. The lowest BCUT2D eigenvalue weighted by Gasteiger charge is -2.34. The molecular formula is C15H24N2O. The molecule has 2 N–H and O–H groups in total. The van der Waals surface area contributed by atoms with Crippen molar-refractivity contribution < 1.29 is 4.74 Å². The molecule has 1 fully saturated rings. The van der Waals surface area contributed by atoms with Gasteiger partial charge >= 0.3 is 0 Å². The summed E-state index contributed by atoms with van der Waals surface area (Å²) in [5.74, 6) is 0.936. The summed E-state index contributed by atoms with van der Waals surface area (Å²) in [5.41, 5.74) is 6.77. The standard InChI is InChI=1S/C15H24N2O/c1-17(14-7-4-8-14)10-5-11-18-15-9-3-2-6-13(15)12-16/h2-3,6,9,14H,4-5,7-8,10-12,16H2,1H3. The van der Waals surface area contributed by atoms with Gasteiger partial charge in [-0.25, -0.2) is 0 Å². The molecule has 100 valence electrons. The average Bonchev–Trinajstić information content (AvgIpc) is 2.33. The van der Waals surface area contributed by atoms with Crippen molar-refractivity contribution in [3.05, 3.63) is 29.8 Å². The van der Waals surface area contributed by atoms with Gasteiger partial charge in [0.25, 0.3) is 0 Å². The van der Waals surface area contributed by atoms with Crippen LogP contribution in [-0.2, 0) is 6.54 Å². The second kappa shape index (κ2) is 6.76. The Labute approximate surface area is 110 Å². The number of hydrogen-bond donors (Lipinski definition) is 1. The van der Waals surface area contributed by atoms with Crippen LogP contribution in [-0.4, -0.2) is 31.1 Å². The predicted molar refractivity (Wildman–Crippen MR) is 74.7 cm³/mol. The number of ether oxygens (including phenoxy) is 1. The van der Waals surface area contributed by atoms with E-state index in [2.05, 4.69) is 11.9 Å². The summed E-state index contributed by atoms with van der Waals surface area (Å²) in [5, 5.41) is 0. The Balaban J connectivity index is 1.68. The summed E-state index contributed by atoms with van der Waals surface area (Å²) in [6.45, 7) is 2.43. The van der Waals surface area contributed by atoms with Gasteiger partial charge in [0.2, 0.25) is 0 Å². The van der Waals surface area contributed by atoms with Crippen molar-refractivity contribution >= 4 is 0 Å². The van der Waals surface area contributed by atoms with Crippen molar-refractivity contribution in [2.75, 3.05) is 20.2 Å². The fourth-order valence-corrected chi connectivity index (χ4v) is 2.32. The van der Waals surface area contributed by atoms with Crippen molar-refractivity contribution in [1.29, 1.82) is 0 Å². The van der Waals surface area contributed by atoms with E-state index in [4.69, 9.17) is 10.5 Å². The number of rotatable bonds is 7. The summed E-state index contributed by atoms with van der Waals surface area (Å²) < 4.78 is 5.80. The van der Waals surface area contributed by atoms with E-state index in [9.17, 15) is 0 Å². The Hall–Kier alpha value is -1.06. The SMILES string of the molecule is CN(CCCOc1ccccc1CN)C1CCC1. The zero-order valence-corrected chi connectivity index (χ0v) is 11.3. The third-order valence-electron chi connectivity index (χ3n) is 3.80. The quantitative estimate of drug-likeness (QED) is 0.753. The van der Waals surface area contributed by atoms with E-state index in [-0.39, 0.29) is 0 Å². The number of hydrogen-bond acceptors (Lipinski definition) is 3. The fraction of sp³-hybridized carbons (Fsp3) is 0.600. The van der Waals surface area contributed by atoms with E-state index in [0.717, 1.165) is 36.9 Å². The predicted octanol–water partition coefficient (Wildman–Crippen LogP) is 2.40. The maximum Gasteiger partial charge on any atom is 0.123 e. The van der Waals surface area contributed by atoms with Gasteiger partial charge in [0, 0.05) is 24.7 Å². The maximum absolute atomic E-state index is 5.80. The summed E-state index contributed by atoms with van der Waals surface area (Å²) in [6, 6.07) is 8.84. The Bertz CT molecular complexity index is 363. The average molecular weight is 248 g/mol. The van der Waals surface area contributed by atoms with Crippen LogP contribution in [0.1, 0.15) is 31.2 Å². The molecular weight excluding hydrogens is 224 g/mol. The number of nitrogens with zero attached hydrogens (tertiary/aromatic N) is 1. The van der Waals surface area contributed by atoms with Crippen LogP contribution in [0.25, 0.3) is 0 Å². The summed E-state index contributed by atoms with van der Waals surface area (Å²) >= 11 is 0. The van der Waals surface area contributed by atoms with Crippen molar-refractivity contribution in [1.82, 2.24) is 4.90 Å². The van der Waals surface area contributed by atoms with Crippen molar-refractivity contribution in [3.8, 4) is 5.75 Å². The first-order valence-corrected chi connectivity index (χ1v) is 6.92. The van der Waals surface area contributed by atoms with Gasteiger partial charge < -0.3 is 15.4 Å². The van der Waals surface area contributed by atoms with Crippen LogP contribution in [0.15, 0.2) is 24.3 Å². The van der Waals surface area contributed by atoms with Crippen molar-refractivity contribution in [3.63, 3.8) is 0 Å². The highest BCUT2D eigenvalue weighted by molar-refractivity contribution is 5.32. The van der Waals surface area contributed by atoms with Crippen LogP contribution < -0.4 is 10.5 Å². The van der Waals surface area contributed by atoms with Crippen LogP contribution in [0.2, 0.25) is 0 Å². The Kier molecular flexibility index (Phi) is 5.02. The molecule has 3 heteroatoms. The lowest BCUT2D eigenvalue weighted by molar-refractivity contribution is 0.149. The number of nitrogens with two attached hydrogens (primary N) is 1. The second-order valence-corrected chi connectivity index (χ2v) is 5.08. The molecule has 0 atom stereocenters. The molecule has 18 heavy (non-hydrogen) atoms. The lowest BCUT2D eigenvalue weighted by atomic mass is 9.92. The van der Waals surface area contributed by atoms with Gasteiger partial charge in [0.15, 0.2) is 0 Å². The van der Waals surface area contributed by atoms with Gasteiger partial charge in [0.1, 0.15) is 5.75 Å². The van der Waals surface area contributed by atoms with E-state index in [1.165, 1.54) is 19.3 Å². The molecule has 0 saturated heterocycles. The van der Waals surface area contributed by atoms with E-state index < -0.39 is 0 Å². The number of benzene rings is 1. The fourth-order valence-electron chi connectivity index (χ4n) is 2.32. The van der Waals surface area contributed by atoms with Gasteiger partial charge in [0.05, 0.1) is 6.61 Å². The molecule has 0 aliphatic heterocycles. The molecule has 0 bridgehead atoms. The molecule has 1 saturated carbocycles. The van der Waals surface area contributed by atoms with E-state index >= 15 is 0 Å². The normalized spacial score (nSPS) is 15.7. The minimum Gasteiger partial charge on any atom is -0.493 e. The molecule has 0 unspecified atom stereocenters. The molecule has 0 amide bonds. The summed E-state index contributed by atoms with van der Waals surface area (Å²) in [4.78, 5) is 2.46. The third-order valence-corrected chi connectivity index (χ3v) is 3.80. The monoisotopic (exact) mass is 248 g/mol. The molecule has 0 aromatic heterocycles. The Morgan fingerprint density at radius 3 is 2.78 bits per heavy atom. The third kappa shape index (κ3) is 3.47. The highest BCUT2D eigenvalue weighted by Crippen LogP contribution is 2.23. The van der Waals surface area contributed by atoms with Gasteiger partial charge in [-0.2, -0.15) is 0 Å². The Morgan fingerprint density at radius 2 is 2.11 bits per heavy atom. The first-order chi connectivity index (χ1) is 8.81. The molecule has 1 aliphatic carbocycles. The van der Waals surface area contributed by atoms with Crippen LogP contribution in [0, 0.1) is 0 Å². The van der Waals surface area contributed by atoms with E-state index in [0.29, 0.717) is 6.54 Å². The van der Waals surface area contributed by atoms with Gasteiger partial charge in [-0.05, 0) is 32.4 Å². The molecule has 0 spiro atoms. The van der Waals surface area contributed by atoms with E-state index in [1.807, 2.05) is 24.3 Å². The first kappa shape index (κ1) is 13.4.